The van der Waals surface area contributed by atoms with Gasteiger partial charge in [0.1, 0.15) is 0 Å². The minimum atomic E-state index is -0.204. The number of benzene rings is 2. The Bertz CT molecular complexity index is 788. The number of rotatable bonds is 10. The number of carbonyl (C=O) groups is 2. The number of carbonyl (C=O) groups excluding carboxylic acids is 2. The summed E-state index contributed by atoms with van der Waals surface area (Å²) in [6, 6.07) is 12.1. The number of hydrogen-bond donors (Lipinski definition) is 2. The minimum Gasteiger partial charge on any atom is -0.493 e. The highest BCUT2D eigenvalue weighted by atomic mass is 16.5. The fourth-order valence-electron chi connectivity index (χ4n) is 2.73. The summed E-state index contributed by atoms with van der Waals surface area (Å²) in [7, 11) is 3.15. The topological polar surface area (TPSA) is 76.7 Å². The van der Waals surface area contributed by atoms with E-state index in [1.807, 2.05) is 12.1 Å². The van der Waals surface area contributed by atoms with Crippen molar-refractivity contribution in [2.75, 3.05) is 20.8 Å². The van der Waals surface area contributed by atoms with E-state index in [4.69, 9.17) is 9.47 Å². The van der Waals surface area contributed by atoms with E-state index in [0.717, 1.165) is 24.8 Å². The van der Waals surface area contributed by atoms with Gasteiger partial charge in [-0.15, -0.1) is 0 Å². The first-order chi connectivity index (χ1) is 13.6. The summed E-state index contributed by atoms with van der Waals surface area (Å²) in [5.74, 6) is 0.933. The van der Waals surface area contributed by atoms with Crippen molar-refractivity contribution in [1.29, 1.82) is 0 Å². The highest BCUT2D eigenvalue weighted by Crippen LogP contribution is 2.27. The maximum atomic E-state index is 12.4. The molecule has 0 radical (unpaired) electrons. The van der Waals surface area contributed by atoms with Crippen LogP contribution in [0.4, 0.5) is 0 Å². The highest BCUT2D eigenvalue weighted by Gasteiger charge is 2.10. The van der Waals surface area contributed by atoms with Crippen molar-refractivity contribution in [2.24, 2.45) is 0 Å². The normalized spacial score (nSPS) is 10.2. The number of methoxy groups -OCH3 is 2. The Balaban J connectivity index is 1.90. The second kappa shape index (κ2) is 11.0. The van der Waals surface area contributed by atoms with Crippen LogP contribution in [0, 0.1) is 0 Å². The Labute approximate surface area is 166 Å². The fraction of sp³-hybridized carbons (Fsp3) is 0.364. The Kier molecular flexibility index (Phi) is 8.34. The van der Waals surface area contributed by atoms with E-state index >= 15 is 0 Å². The number of unbranched alkanes of at least 4 members (excludes halogenated alkanes) is 2. The maximum absolute atomic E-state index is 12.4. The van der Waals surface area contributed by atoms with E-state index in [0.29, 0.717) is 35.7 Å². The summed E-state index contributed by atoms with van der Waals surface area (Å²) >= 11 is 0. The van der Waals surface area contributed by atoms with E-state index in [1.54, 1.807) is 44.6 Å². The van der Waals surface area contributed by atoms with Crippen molar-refractivity contribution in [3.05, 3.63) is 59.2 Å². The van der Waals surface area contributed by atoms with Crippen LogP contribution in [-0.4, -0.2) is 32.6 Å². The first-order valence-electron chi connectivity index (χ1n) is 9.46. The van der Waals surface area contributed by atoms with Crippen LogP contribution in [0.3, 0.4) is 0 Å². The van der Waals surface area contributed by atoms with E-state index in [2.05, 4.69) is 17.6 Å². The molecule has 0 atom stereocenters. The van der Waals surface area contributed by atoms with Gasteiger partial charge in [0.25, 0.3) is 11.8 Å². The Morgan fingerprint density at radius 3 is 2.00 bits per heavy atom. The van der Waals surface area contributed by atoms with Crippen molar-refractivity contribution in [3.8, 4) is 11.5 Å². The lowest BCUT2D eigenvalue weighted by molar-refractivity contribution is 0.0940. The maximum Gasteiger partial charge on any atom is 0.251 e. The third-order valence-corrected chi connectivity index (χ3v) is 4.38. The monoisotopic (exact) mass is 384 g/mol. The molecule has 2 aromatic carbocycles. The molecule has 0 saturated heterocycles. The molecule has 2 rings (SSSR count). The molecular weight excluding hydrogens is 356 g/mol. The molecule has 28 heavy (non-hydrogen) atoms. The fourth-order valence-corrected chi connectivity index (χ4v) is 2.73. The van der Waals surface area contributed by atoms with Gasteiger partial charge in [0.15, 0.2) is 11.5 Å². The third-order valence-electron chi connectivity index (χ3n) is 4.38. The molecule has 2 aromatic rings. The quantitative estimate of drug-likeness (QED) is 0.614. The van der Waals surface area contributed by atoms with Crippen molar-refractivity contribution in [1.82, 2.24) is 10.6 Å². The van der Waals surface area contributed by atoms with Crippen molar-refractivity contribution < 1.29 is 19.1 Å². The van der Waals surface area contributed by atoms with Gasteiger partial charge in [0, 0.05) is 24.2 Å². The van der Waals surface area contributed by atoms with Crippen LogP contribution in [0.5, 0.6) is 11.5 Å². The molecule has 0 aliphatic rings. The van der Waals surface area contributed by atoms with Crippen LogP contribution in [0.15, 0.2) is 42.5 Å². The molecule has 2 N–H and O–H groups in total. The molecule has 0 aromatic heterocycles. The molecule has 0 bridgehead atoms. The van der Waals surface area contributed by atoms with Crippen LogP contribution in [0.1, 0.15) is 52.5 Å². The molecule has 0 saturated carbocycles. The van der Waals surface area contributed by atoms with Crippen LogP contribution in [0.2, 0.25) is 0 Å². The lowest BCUT2D eigenvalue weighted by atomic mass is 10.1. The van der Waals surface area contributed by atoms with Gasteiger partial charge < -0.3 is 20.1 Å². The number of ether oxygens (including phenoxy) is 2. The molecule has 0 unspecified atom stereocenters. The summed E-state index contributed by atoms with van der Waals surface area (Å²) in [5.41, 5.74) is 1.95. The second-order valence-electron chi connectivity index (χ2n) is 6.41. The second-order valence-corrected chi connectivity index (χ2v) is 6.41. The summed E-state index contributed by atoms with van der Waals surface area (Å²) in [4.78, 5) is 24.4. The van der Waals surface area contributed by atoms with Gasteiger partial charge in [-0.3, -0.25) is 9.59 Å². The Morgan fingerprint density at radius 1 is 0.821 bits per heavy atom. The molecule has 0 heterocycles. The van der Waals surface area contributed by atoms with E-state index in [9.17, 15) is 9.59 Å². The van der Waals surface area contributed by atoms with E-state index in [1.165, 1.54) is 0 Å². The van der Waals surface area contributed by atoms with E-state index < -0.39 is 0 Å². The SMILES string of the molecule is CCCCCNC(=O)c1ccc(C(=O)NCc2ccc(OC)c(OC)c2)cc1. The zero-order valence-electron chi connectivity index (χ0n) is 16.7. The number of hydrogen-bond acceptors (Lipinski definition) is 4. The van der Waals surface area contributed by atoms with E-state index in [-0.39, 0.29) is 11.8 Å². The van der Waals surface area contributed by atoms with Gasteiger partial charge in [-0.05, 0) is 48.4 Å². The largest absolute Gasteiger partial charge is 0.493 e. The molecule has 2 amide bonds. The summed E-state index contributed by atoms with van der Waals surface area (Å²) < 4.78 is 10.5. The lowest BCUT2D eigenvalue weighted by Crippen LogP contribution is -2.25. The van der Waals surface area contributed by atoms with Gasteiger partial charge in [0.05, 0.1) is 14.2 Å². The molecule has 0 fully saturated rings. The average molecular weight is 384 g/mol. The average Bonchev–Trinajstić information content (AvgIpc) is 2.74. The van der Waals surface area contributed by atoms with Gasteiger partial charge in [-0.25, -0.2) is 0 Å². The van der Waals surface area contributed by atoms with Crippen molar-refractivity contribution >= 4 is 11.8 Å². The number of amides is 2. The highest BCUT2D eigenvalue weighted by molar-refractivity contribution is 5.97. The third kappa shape index (κ3) is 6.01. The molecule has 6 heteroatoms. The van der Waals surface area contributed by atoms with Gasteiger partial charge >= 0.3 is 0 Å². The van der Waals surface area contributed by atoms with Crippen LogP contribution in [-0.2, 0) is 6.54 Å². The smallest absolute Gasteiger partial charge is 0.251 e. The zero-order valence-corrected chi connectivity index (χ0v) is 16.7. The predicted molar refractivity (Wildman–Crippen MR) is 109 cm³/mol. The Hall–Kier alpha value is -3.02. The van der Waals surface area contributed by atoms with Gasteiger partial charge in [-0.2, -0.15) is 0 Å². The Morgan fingerprint density at radius 2 is 1.43 bits per heavy atom. The summed E-state index contributed by atoms with van der Waals surface area (Å²) in [6.45, 7) is 3.15. The first kappa shape index (κ1) is 21.3. The summed E-state index contributed by atoms with van der Waals surface area (Å²) in [5, 5.41) is 5.75. The van der Waals surface area contributed by atoms with Crippen LogP contribution in [0.25, 0.3) is 0 Å². The van der Waals surface area contributed by atoms with Crippen LogP contribution < -0.4 is 20.1 Å². The zero-order chi connectivity index (χ0) is 20.4. The van der Waals surface area contributed by atoms with Crippen molar-refractivity contribution in [3.63, 3.8) is 0 Å². The molecule has 150 valence electrons. The van der Waals surface area contributed by atoms with Crippen molar-refractivity contribution in [2.45, 2.75) is 32.7 Å². The summed E-state index contributed by atoms with van der Waals surface area (Å²) in [6.07, 6.45) is 3.18. The molecule has 0 spiro atoms. The minimum absolute atomic E-state index is 0.117. The lowest BCUT2D eigenvalue weighted by Gasteiger charge is -2.10. The van der Waals surface area contributed by atoms with Crippen LogP contribution >= 0.6 is 0 Å². The predicted octanol–water partition coefficient (Wildman–Crippen LogP) is 3.55. The molecule has 0 aliphatic heterocycles. The van der Waals surface area contributed by atoms with Gasteiger partial charge in [0.2, 0.25) is 0 Å². The first-order valence-corrected chi connectivity index (χ1v) is 9.46. The molecule has 6 nitrogen and oxygen atoms in total. The molecular formula is C22H28N2O4. The van der Waals surface area contributed by atoms with Gasteiger partial charge in [-0.1, -0.05) is 25.8 Å². The molecule has 0 aliphatic carbocycles. The number of nitrogens with one attached hydrogen (secondary N) is 2. The standard InChI is InChI=1S/C22H28N2O4/c1-4-5-6-13-23-21(25)17-8-10-18(11-9-17)22(26)24-15-16-7-12-19(27-2)20(14-16)28-3/h7-12,14H,4-6,13,15H2,1-3H3,(H,23,25)(H,24,26).